The average Bonchev–Trinajstić information content (AvgIpc) is 2.93. The van der Waals surface area contributed by atoms with Gasteiger partial charge >= 0.3 is 0 Å². The van der Waals surface area contributed by atoms with Crippen molar-refractivity contribution in [3.05, 3.63) is 90.0 Å². The molecule has 40 heavy (non-hydrogen) atoms. The third kappa shape index (κ3) is 8.58. The molecular formula is C31H39N3O5S. The van der Waals surface area contributed by atoms with E-state index in [-0.39, 0.29) is 18.5 Å². The SMILES string of the molecule is CC[C@@H](C)NC(=O)[C@H](CC)N(Cc1ccc(C)cc1)C(=O)CN(c1ccc(Oc2ccccc2)cc1)S(C)(=O)=O. The van der Waals surface area contributed by atoms with Crippen LogP contribution in [0.2, 0.25) is 0 Å². The molecule has 214 valence electrons. The van der Waals surface area contributed by atoms with Crippen LogP contribution in [0, 0.1) is 6.92 Å². The first-order valence-corrected chi connectivity index (χ1v) is 15.3. The molecule has 0 heterocycles. The van der Waals surface area contributed by atoms with E-state index in [1.807, 2.05) is 82.3 Å². The van der Waals surface area contributed by atoms with E-state index in [9.17, 15) is 18.0 Å². The summed E-state index contributed by atoms with van der Waals surface area (Å²) >= 11 is 0. The molecule has 3 aromatic rings. The monoisotopic (exact) mass is 565 g/mol. The van der Waals surface area contributed by atoms with Gasteiger partial charge in [-0.15, -0.1) is 0 Å². The molecule has 2 atom stereocenters. The number of carbonyl (C=O) groups excluding carboxylic acids is 2. The van der Waals surface area contributed by atoms with Crippen LogP contribution in [-0.4, -0.2) is 50.0 Å². The minimum atomic E-state index is -3.83. The van der Waals surface area contributed by atoms with Gasteiger partial charge in [-0.3, -0.25) is 13.9 Å². The summed E-state index contributed by atoms with van der Waals surface area (Å²) in [4.78, 5) is 28.5. The number of anilines is 1. The third-order valence-electron chi connectivity index (χ3n) is 6.64. The van der Waals surface area contributed by atoms with Crippen molar-refractivity contribution in [1.29, 1.82) is 0 Å². The quantitative estimate of drug-likeness (QED) is 0.304. The Labute approximate surface area is 238 Å². The summed E-state index contributed by atoms with van der Waals surface area (Å²) in [6.07, 6.45) is 2.19. The fourth-order valence-corrected chi connectivity index (χ4v) is 5.02. The van der Waals surface area contributed by atoms with Crippen LogP contribution in [0.25, 0.3) is 0 Å². The number of nitrogens with zero attached hydrogens (tertiary/aromatic N) is 2. The number of rotatable bonds is 13. The largest absolute Gasteiger partial charge is 0.457 e. The summed E-state index contributed by atoms with van der Waals surface area (Å²) in [5, 5.41) is 2.97. The lowest BCUT2D eigenvalue weighted by atomic mass is 10.1. The summed E-state index contributed by atoms with van der Waals surface area (Å²) in [6, 6.07) is 22.7. The highest BCUT2D eigenvalue weighted by molar-refractivity contribution is 7.92. The van der Waals surface area contributed by atoms with E-state index >= 15 is 0 Å². The zero-order valence-corrected chi connectivity index (χ0v) is 24.6. The molecule has 0 radical (unpaired) electrons. The summed E-state index contributed by atoms with van der Waals surface area (Å²) in [5.41, 5.74) is 2.25. The topological polar surface area (TPSA) is 96.0 Å². The van der Waals surface area contributed by atoms with E-state index in [1.54, 1.807) is 24.3 Å². The Morgan fingerprint density at radius 1 is 0.875 bits per heavy atom. The molecule has 1 N–H and O–H groups in total. The van der Waals surface area contributed by atoms with Gasteiger partial charge in [-0.2, -0.15) is 0 Å². The Hall–Kier alpha value is -3.85. The number of aryl methyl sites for hydroxylation is 1. The molecule has 0 spiro atoms. The first kappa shape index (κ1) is 30.7. The van der Waals surface area contributed by atoms with Crippen molar-refractivity contribution >= 4 is 27.5 Å². The van der Waals surface area contributed by atoms with E-state index in [0.717, 1.165) is 28.1 Å². The van der Waals surface area contributed by atoms with E-state index in [1.165, 1.54) is 4.90 Å². The van der Waals surface area contributed by atoms with Crippen molar-refractivity contribution in [1.82, 2.24) is 10.2 Å². The van der Waals surface area contributed by atoms with Gasteiger partial charge in [-0.25, -0.2) is 8.42 Å². The van der Waals surface area contributed by atoms with Gasteiger partial charge in [-0.1, -0.05) is 61.9 Å². The van der Waals surface area contributed by atoms with Crippen molar-refractivity contribution in [2.24, 2.45) is 0 Å². The molecule has 3 rings (SSSR count). The van der Waals surface area contributed by atoms with Crippen LogP contribution in [0.15, 0.2) is 78.9 Å². The smallest absolute Gasteiger partial charge is 0.244 e. The van der Waals surface area contributed by atoms with Crippen LogP contribution < -0.4 is 14.4 Å². The lowest BCUT2D eigenvalue weighted by Crippen LogP contribution is -2.53. The van der Waals surface area contributed by atoms with Crippen LogP contribution in [0.4, 0.5) is 5.69 Å². The Kier molecular flexibility index (Phi) is 10.7. The van der Waals surface area contributed by atoms with Gasteiger partial charge in [0.05, 0.1) is 11.9 Å². The molecule has 0 aliphatic rings. The second kappa shape index (κ2) is 14.0. The molecule has 2 amide bonds. The van der Waals surface area contributed by atoms with Crippen molar-refractivity contribution in [3.63, 3.8) is 0 Å². The van der Waals surface area contributed by atoms with Crippen LogP contribution >= 0.6 is 0 Å². The van der Waals surface area contributed by atoms with Gasteiger partial charge in [0.2, 0.25) is 21.8 Å². The molecule has 0 bridgehead atoms. The molecule has 0 saturated carbocycles. The molecule has 0 aromatic heterocycles. The Morgan fingerprint density at radius 2 is 1.48 bits per heavy atom. The number of nitrogens with one attached hydrogen (secondary N) is 1. The fourth-order valence-electron chi connectivity index (χ4n) is 4.17. The van der Waals surface area contributed by atoms with Crippen molar-refractivity contribution in [2.75, 3.05) is 17.1 Å². The van der Waals surface area contributed by atoms with Crippen LogP contribution in [0.5, 0.6) is 11.5 Å². The molecule has 0 aliphatic carbocycles. The molecule has 0 saturated heterocycles. The number of amides is 2. The third-order valence-corrected chi connectivity index (χ3v) is 7.78. The van der Waals surface area contributed by atoms with E-state index < -0.39 is 28.5 Å². The van der Waals surface area contributed by atoms with Gasteiger partial charge in [0.15, 0.2) is 0 Å². The van der Waals surface area contributed by atoms with Crippen molar-refractivity contribution in [2.45, 2.75) is 59.2 Å². The zero-order chi connectivity index (χ0) is 29.3. The molecule has 0 aliphatic heterocycles. The van der Waals surface area contributed by atoms with Crippen molar-refractivity contribution < 1.29 is 22.7 Å². The van der Waals surface area contributed by atoms with Gasteiger partial charge in [-0.05, 0) is 68.7 Å². The summed E-state index contributed by atoms with van der Waals surface area (Å²) in [7, 11) is -3.83. The Morgan fingerprint density at radius 3 is 2.02 bits per heavy atom. The van der Waals surface area contributed by atoms with Gasteiger partial charge in [0, 0.05) is 12.6 Å². The maximum absolute atomic E-state index is 13.8. The Balaban J connectivity index is 1.89. The minimum Gasteiger partial charge on any atom is -0.457 e. The lowest BCUT2D eigenvalue weighted by molar-refractivity contribution is -0.140. The molecule has 3 aromatic carbocycles. The van der Waals surface area contributed by atoms with Gasteiger partial charge in [0.25, 0.3) is 0 Å². The van der Waals surface area contributed by atoms with Crippen LogP contribution in [-0.2, 0) is 26.2 Å². The van der Waals surface area contributed by atoms with E-state index in [4.69, 9.17) is 4.74 Å². The number of hydrogen-bond acceptors (Lipinski definition) is 5. The van der Waals surface area contributed by atoms with E-state index in [2.05, 4.69) is 5.32 Å². The van der Waals surface area contributed by atoms with Crippen molar-refractivity contribution in [3.8, 4) is 11.5 Å². The number of carbonyl (C=O) groups is 2. The first-order chi connectivity index (χ1) is 19.0. The van der Waals surface area contributed by atoms with Gasteiger partial charge in [0.1, 0.15) is 24.1 Å². The summed E-state index contributed by atoms with van der Waals surface area (Å²) in [6.45, 7) is 7.43. The normalized spacial score (nSPS) is 12.7. The summed E-state index contributed by atoms with van der Waals surface area (Å²) in [5.74, 6) is 0.453. The highest BCUT2D eigenvalue weighted by atomic mass is 32.2. The highest BCUT2D eigenvalue weighted by Crippen LogP contribution is 2.26. The minimum absolute atomic E-state index is 0.0537. The molecule has 0 unspecified atom stereocenters. The number of ether oxygens (including phenoxy) is 1. The molecule has 0 fully saturated rings. The predicted molar refractivity (Wildman–Crippen MR) is 159 cm³/mol. The maximum Gasteiger partial charge on any atom is 0.244 e. The zero-order valence-electron chi connectivity index (χ0n) is 23.8. The fraction of sp³-hybridized carbons (Fsp3) is 0.355. The second-order valence-corrected chi connectivity index (χ2v) is 11.8. The molecule has 9 heteroatoms. The predicted octanol–water partition coefficient (Wildman–Crippen LogP) is 5.28. The maximum atomic E-state index is 13.8. The first-order valence-electron chi connectivity index (χ1n) is 13.5. The van der Waals surface area contributed by atoms with Crippen LogP contribution in [0.3, 0.4) is 0 Å². The number of sulfonamides is 1. The number of para-hydroxylation sites is 1. The highest BCUT2D eigenvalue weighted by Gasteiger charge is 2.32. The standard InChI is InChI=1S/C31H39N3O5S/c1-6-24(4)32-31(36)29(7-2)33(21-25-15-13-23(3)14-16-25)30(35)22-34(40(5,37)38)26-17-19-28(20-18-26)39-27-11-9-8-10-12-27/h8-20,24,29H,6-7,21-22H2,1-5H3,(H,32,36)/t24-,29+/m1/s1. The van der Waals surface area contributed by atoms with Crippen LogP contribution in [0.1, 0.15) is 44.7 Å². The number of hydrogen-bond donors (Lipinski definition) is 1. The van der Waals surface area contributed by atoms with E-state index in [0.29, 0.717) is 23.6 Å². The number of benzene rings is 3. The second-order valence-electron chi connectivity index (χ2n) is 9.93. The Bertz CT molecular complexity index is 1360. The summed E-state index contributed by atoms with van der Waals surface area (Å²) < 4.78 is 32.6. The molecule has 8 nitrogen and oxygen atoms in total. The van der Waals surface area contributed by atoms with Gasteiger partial charge < -0.3 is 15.0 Å². The molecular weight excluding hydrogens is 526 g/mol. The average molecular weight is 566 g/mol. The lowest BCUT2D eigenvalue weighted by Gasteiger charge is -2.33.